The van der Waals surface area contributed by atoms with Crippen molar-refractivity contribution in [3.05, 3.63) is 35.1 Å². The average Bonchev–Trinajstić information content (AvgIpc) is 2.40. The van der Waals surface area contributed by atoms with Gasteiger partial charge in [0.05, 0.1) is 0 Å². The van der Waals surface area contributed by atoms with Crippen LogP contribution in [0.3, 0.4) is 0 Å². The Kier molecular flexibility index (Phi) is 4.53. The summed E-state index contributed by atoms with van der Waals surface area (Å²) < 4.78 is 13.4. The molecule has 104 valence electrons. The van der Waals surface area contributed by atoms with E-state index >= 15 is 0 Å². The standard InChI is InChI=1S/C15H21FN2O/c1-10-7-8-11(16)9-13(10)14(15(17)19)18-12-5-3-2-4-6-12/h7-9,12,14,18H,2-6H2,1H3,(H2,17,19). The van der Waals surface area contributed by atoms with Gasteiger partial charge in [0, 0.05) is 6.04 Å². The van der Waals surface area contributed by atoms with Crippen molar-refractivity contribution in [2.45, 2.75) is 51.1 Å². The minimum atomic E-state index is -0.598. The van der Waals surface area contributed by atoms with Crippen molar-refractivity contribution in [2.75, 3.05) is 0 Å². The van der Waals surface area contributed by atoms with Crippen LogP contribution in [0.2, 0.25) is 0 Å². The van der Waals surface area contributed by atoms with E-state index in [2.05, 4.69) is 5.32 Å². The van der Waals surface area contributed by atoms with Gasteiger partial charge in [-0.15, -0.1) is 0 Å². The van der Waals surface area contributed by atoms with Crippen LogP contribution in [0.25, 0.3) is 0 Å². The van der Waals surface area contributed by atoms with Gasteiger partial charge in [-0.25, -0.2) is 4.39 Å². The molecule has 0 saturated heterocycles. The predicted molar refractivity (Wildman–Crippen MR) is 73.1 cm³/mol. The molecule has 0 bridgehead atoms. The fraction of sp³-hybridized carbons (Fsp3) is 0.533. The second-order valence-electron chi connectivity index (χ2n) is 5.34. The minimum Gasteiger partial charge on any atom is -0.368 e. The smallest absolute Gasteiger partial charge is 0.239 e. The third kappa shape index (κ3) is 3.53. The quantitative estimate of drug-likeness (QED) is 0.878. The molecule has 0 spiro atoms. The highest BCUT2D eigenvalue weighted by atomic mass is 19.1. The van der Waals surface area contributed by atoms with Crippen molar-refractivity contribution in [1.29, 1.82) is 0 Å². The van der Waals surface area contributed by atoms with E-state index in [0.717, 1.165) is 18.4 Å². The van der Waals surface area contributed by atoms with E-state index < -0.39 is 11.9 Å². The number of nitrogens with two attached hydrogens (primary N) is 1. The first-order valence-electron chi connectivity index (χ1n) is 6.89. The molecular weight excluding hydrogens is 243 g/mol. The fourth-order valence-corrected chi connectivity index (χ4v) is 2.75. The van der Waals surface area contributed by atoms with E-state index in [1.54, 1.807) is 6.07 Å². The molecule has 0 aliphatic heterocycles. The molecule has 1 amide bonds. The molecule has 0 radical (unpaired) electrons. The normalized spacial score (nSPS) is 18.2. The van der Waals surface area contributed by atoms with Gasteiger partial charge in [-0.2, -0.15) is 0 Å². The fourth-order valence-electron chi connectivity index (χ4n) is 2.75. The van der Waals surface area contributed by atoms with Crippen molar-refractivity contribution >= 4 is 5.91 Å². The van der Waals surface area contributed by atoms with E-state index in [0.29, 0.717) is 11.6 Å². The molecule has 1 atom stereocenters. The third-order valence-corrected chi connectivity index (χ3v) is 3.84. The summed E-state index contributed by atoms with van der Waals surface area (Å²) >= 11 is 0. The molecule has 3 N–H and O–H groups in total. The van der Waals surface area contributed by atoms with Gasteiger partial charge in [-0.3, -0.25) is 10.1 Å². The maximum atomic E-state index is 13.4. The summed E-state index contributed by atoms with van der Waals surface area (Å²) in [6, 6.07) is 4.19. The number of aryl methyl sites for hydroxylation is 1. The van der Waals surface area contributed by atoms with Crippen LogP contribution >= 0.6 is 0 Å². The molecule has 1 aromatic carbocycles. The molecule has 1 aliphatic rings. The Hall–Kier alpha value is -1.42. The monoisotopic (exact) mass is 264 g/mol. The van der Waals surface area contributed by atoms with Crippen LogP contribution in [0.1, 0.15) is 49.3 Å². The second-order valence-corrected chi connectivity index (χ2v) is 5.34. The average molecular weight is 264 g/mol. The van der Waals surface area contributed by atoms with Crippen LogP contribution in [0, 0.1) is 12.7 Å². The molecule has 1 aliphatic carbocycles. The zero-order valence-electron chi connectivity index (χ0n) is 11.3. The van der Waals surface area contributed by atoms with Crippen molar-refractivity contribution in [2.24, 2.45) is 5.73 Å². The Morgan fingerprint density at radius 1 is 1.37 bits per heavy atom. The topological polar surface area (TPSA) is 55.1 Å². The van der Waals surface area contributed by atoms with E-state index in [1.807, 2.05) is 6.92 Å². The minimum absolute atomic E-state index is 0.300. The Labute approximate surface area is 113 Å². The summed E-state index contributed by atoms with van der Waals surface area (Å²) in [4.78, 5) is 11.7. The van der Waals surface area contributed by atoms with Crippen LogP contribution in [0.4, 0.5) is 4.39 Å². The zero-order chi connectivity index (χ0) is 13.8. The number of nitrogens with one attached hydrogen (secondary N) is 1. The lowest BCUT2D eigenvalue weighted by molar-refractivity contribution is -0.120. The molecule has 4 heteroatoms. The third-order valence-electron chi connectivity index (χ3n) is 3.84. The SMILES string of the molecule is Cc1ccc(F)cc1C(NC1CCCCC1)C(N)=O. The molecule has 2 rings (SSSR count). The lowest BCUT2D eigenvalue weighted by Gasteiger charge is -2.28. The van der Waals surface area contributed by atoms with Crippen LogP contribution in [-0.2, 0) is 4.79 Å². The number of halogens is 1. The van der Waals surface area contributed by atoms with Gasteiger partial charge in [0.25, 0.3) is 0 Å². The number of hydrogen-bond donors (Lipinski definition) is 2. The van der Waals surface area contributed by atoms with Gasteiger partial charge >= 0.3 is 0 Å². The van der Waals surface area contributed by atoms with E-state index in [-0.39, 0.29) is 5.82 Å². The van der Waals surface area contributed by atoms with Gasteiger partial charge in [-0.1, -0.05) is 25.3 Å². The molecule has 0 aromatic heterocycles. The Morgan fingerprint density at radius 2 is 2.05 bits per heavy atom. The van der Waals surface area contributed by atoms with E-state index in [1.165, 1.54) is 31.4 Å². The Bertz CT molecular complexity index is 455. The lowest BCUT2D eigenvalue weighted by atomic mass is 9.93. The van der Waals surface area contributed by atoms with Crippen LogP contribution in [0.15, 0.2) is 18.2 Å². The summed E-state index contributed by atoms with van der Waals surface area (Å²) in [6.07, 6.45) is 5.70. The molecule has 1 fully saturated rings. The van der Waals surface area contributed by atoms with Gasteiger partial charge in [-0.05, 0) is 43.0 Å². The van der Waals surface area contributed by atoms with Gasteiger partial charge in [0.15, 0.2) is 0 Å². The Balaban J connectivity index is 2.19. The van der Waals surface area contributed by atoms with Crippen LogP contribution in [-0.4, -0.2) is 11.9 Å². The molecule has 0 heterocycles. The maximum Gasteiger partial charge on any atom is 0.239 e. The molecule has 19 heavy (non-hydrogen) atoms. The molecule has 3 nitrogen and oxygen atoms in total. The first-order chi connectivity index (χ1) is 9.08. The van der Waals surface area contributed by atoms with Crippen molar-refractivity contribution in [1.82, 2.24) is 5.32 Å². The number of amides is 1. The number of carbonyl (C=O) groups is 1. The van der Waals surface area contributed by atoms with Crippen LogP contribution < -0.4 is 11.1 Å². The largest absolute Gasteiger partial charge is 0.368 e. The molecule has 1 saturated carbocycles. The van der Waals surface area contributed by atoms with Gasteiger partial charge in [0.2, 0.25) is 5.91 Å². The number of hydrogen-bond acceptors (Lipinski definition) is 2. The van der Waals surface area contributed by atoms with Crippen molar-refractivity contribution in [3.63, 3.8) is 0 Å². The van der Waals surface area contributed by atoms with Gasteiger partial charge < -0.3 is 5.73 Å². The van der Waals surface area contributed by atoms with Crippen molar-refractivity contribution < 1.29 is 9.18 Å². The molecule has 1 unspecified atom stereocenters. The van der Waals surface area contributed by atoms with Crippen molar-refractivity contribution in [3.8, 4) is 0 Å². The van der Waals surface area contributed by atoms with E-state index in [9.17, 15) is 9.18 Å². The number of primary amides is 1. The number of carbonyl (C=O) groups excluding carboxylic acids is 1. The highest BCUT2D eigenvalue weighted by molar-refractivity contribution is 5.81. The first-order valence-corrected chi connectivity index (χ1v) is 6.89. The van der Waals surface area contributed by atoms with E-state index in [4.69, 9.17) is 5.73 Å². The predicted octanol–water partition coefficient (Wildman–Crippen LogP) is 2.58. The summed E-state index contributed by atoms with van der Waals surface area (Å²) in [7, 11) is 0. The highest BCUT2D eigenvalue weighted by Crippen LogP contribution is 2.24. The number of rotatable bonds is 4. The molecule has 1 aromatic rings. The lowest BCUT2D eigenvalue weighted by Crippen LogP contribution is -2.41. The van der Waals surface area contributed by atoms with Gasteiger partial charge in [0.1, 0.15) is 11.9 Å². The summed E-state index contributed by atoms with van der Waals surface area (Å²) in [5.41, 5.74) is 7.01. The summed E-state index contributed by atoms with van der Waals surface area (Å²) in [5, 5.41) is 3.30. The zero-order valence-corrected chi connectivity index (χ0v) is 11.3. The molecular formula is C15H21FN2O. The van der Waals surface area contributed by atoms with Crippen LogP contribution in [0.5, 0.6) is 0 Å². The first kappa shape index (κ1) is 14.0. The maximum absolute atomic E-state index is 13.4. The summed E-state index contributed by atoms with van der Waals surface area (Å²) in [6.45, 7) is 1.87. The Morgan fingerprint density at radius 3 is 2.68 bits per heavy atom. The second kappa shape index (κ2) is 6.15. The summed E-state index contributed by atoms with van der Waals surface area (Å²) in [5.74, 6) is -0.781. The highest BCUT2D eigenvalue weighted by Gasteiger charge is 2.24. The number of benzene rings is 1.